The van der Waals surface area contributed by atoms with Crippen LogP contribution in [0.5, 0.6) is 0 Å². The molecule has 1 aliphatic carbocycles. The molecule has 3 rings (SSSR count). The monoisotopic (exact) mass is 261 g/mol. The summed E-state index contributed by atoms with van der Waals surface area (Å²) in [6.45, 7) is 0.899. The Morgan fingerprint density at radius 3 is 2.61 bits per heavy atom. The van der Waals surface area contributed by atoms with Crippen LogP contribution in [0.4, 0.5) is 4.39 Å². The highest BCUT2D eigenvalue weighted by atomic mass is 32.1. The van der Waals surface area contributed by atoms with Crippen LogP contribution in [0, 0.1) is 11.7 Å². The third kappa shape index (κ3) is 2.79. The van der Waals surface area contributed by atoms with Gasteiger partial charge in [-0.2, -0.15) is 0 Å². The highest BCUT2D eigenvalue weighted by molar-refractivity contribution is 7.09. The first-order valence-electron chi connectivity index (χ1n) is 6.34. The smallest absolute Gasteiger partial charge is 0.123 e. The molecule has 18 heavy (non-hydrogen) atoms. The molecule has 1 unspecified atom stereocenters. The van der Waals surface area contributed by atoms with Crippen molar-refractivity contribution in [3.63, 3.8) is 0 Å². The third-order valence-corrected chi connectivity index (χ3v) is 4.28. The van der Waals surface area contributed by atoms with E-state index in [9.17, 15) is 4.39 Å². The van der Waals surface area contributed by atoms with Crippen molar-refractivity contribution in [2.45, 2.75) is 25.4 Å². The Balaban J connectivity index is 1.70. The molecule has 0 radical (unpaired) electrons. The van der Waals surface area contributed by atoms with Crippen LogP contribution in [0.1, 0.15) is 29.3 Å². The van der Waals surface area contributed by atoms with Crippen LogP contribution >= 0.6 is 11.3 Å². The van der Waals surface area contributed by atoms with Gasteiger partial charge in [-0.25, -0.2) is 4.39 Å². The second-order valence-corrected chi connectivity index (χ2v) is 5.86. The quantitative estimate of drug-likeness (QED) is 0.853. The first-order chi connectivity index (χ1) is 8.83. The van der Waals surface area contributed by atoms with Crippen molar-refractivity contribution in [1.29, 1.82) is 0 Å². The summed E-state index contributed by atoms with van der Waals surface area (Å²) in [7, 11) is 0. The molecule has 1 saturated carbocycles. The van der Waals surface area contributed by atoms with E-state index in [-0.39, 0.29) is 5.82 Å². The summed E-state index contributed by atoms with van der Waals surface area (Å²) < 4.78 is 13.0. The summed E-state index contributed by atoms with van der Waals surface area (Å²) in [5.74, 6) is 0.557. The van der Waals surface area contributed by atoms with E-state index in [4.69, 9.17) is 0 Å². The van der Waals surface area contributed by atoms with Gasteiger partial charge >= 0.3 is 0 Å². The van der Waals surface area contributed by atoms with E-state index >= 15 is 0 Å². The molecule has 0 saturated heterocycles. The fourth-order valence-corrected chi connectivity index (χ4v) is 2.94. The van der Waals surface area contributed by atoms with Gasteiger partial charge in [0.15, 0.2) is 0 Å². The minimum absolute atomic E-state index is 0.161. The molecule has 1 fully saturated rings. The lowest BCUT2D eigenvalue weighted by molar-refractivity contribution is 0.481. The Kier molecular flexibility index (Phi) is 3.43. The third-order valence-electron chi connectivity index (χ3n) is 3.40. The summed E-state index contributed by atoms with van der Waals surface area (Å²) in [5.41, 5.74) is 1.20. The van der Waals surface area contributed by atoms with Crippen LogP contribution < -0.4 is 5.32 Å². The van der Waals surface area contributed by atoms with Gasteiger partial charge in [0.25, 0.3) is 0 Å². The van der Waals surface area contributed by atoms with E-state index in [1.54, 1.807) is 23.5 Å². The molecular formula is C15H16FNS. The van der Waals surface area contributed by atoms with E-state index in [2.05, 4.69) is 22.8 Å². The number of halogens is 1. The molecule has 0 spiro atoms. The molecule has 1 nitrogen and oxygen atoms in total. The van der Waals surface area contributed by atoms with Gasteiger partial charge in [-0.05, 0) is 47.9 Å². The van der Waals surface area contributed by atoms with Crippen molar-refractivity contribution in [2.24, 2.45) is 5.92 Å². The summed E-state index contributed by atoms with van der Waals surface area (Å²) >= 11 is 1.77. The molecule has 2 aromatic rings. The molecular weight excluding hydrogens is 245 g/mol. The Hall–Kier alpha value is -1.19. The SMILES string of the molecule is Fc1ccc(C(NCc2cccs2)C2CC2)cc1. The number of rotatable bonds is 5. The van der Waals surface area contributed by atoms with Crippen LogP contribution in [0.25, 0.3) is 0 Å². The van der Waals surface area contributed by atoms with Gasteiger partial charge in [0.1, 0.15) is 5.82 Å². The average Bonchev–Trinajstić information content (AvgIpc) is 3.08. The number of benzene rings is 1. The predicted octanol–water partition coefficient (Wildman–Crippen LogP) is 4.13. The first kappa shape index (κ1) is 11.9. The fraction of sp³-hybridized carbons (Fsp3) is 0.333. The zero-order valence-electron chi connectivity index (χ0n) is 10.1. The van der Waals surface area contributed by atoms with Gasteiger partial charge in [-0.3, -0.25) is 0 Å². The van der Waals surface area contributed by atoms with Crippen molar-refractivity contribution >= 4 is 11.3 Å². The molecule has 0 aliphatic heterocycles. The molecule has 1 aliphatic rings. The predicted molar refractivity (Wildman–Crippen MR) is 73.0 cm³/mol. The van der Waals surface area contributed by atoms with Crippen molar-refractivity contribution in [3.05, 3.63) is 58.0 Å². The highest BCUT2D eigenvalue weighted by Gasteiger charge is 2.31. The van der Waals surface area contributed by atoms with Gasteiger partial charge in [-0.1, -0.05) is 18.2 Å². The number of thiophene rings is 1. The van der Waals surface area contributed by atoms with E-state index < -0.39 is 0 Å². The number of hydrogen-bond donors (Lipinski definition) is 1. The van der Waals surface area contributed by atoms with E-state index in [1.165, 1.54) is 23.3 Å². The van der Waals surface area contributed by atoms with Crippen molar-refractivity contribution < 1.29 is 4.39 Å². The minimum atomic E-state index is -0.161. The molecule has 1 heterocycles. The lowest BCUT2D eigenvalue weighted by atomic mass is 10.0. The lowest BCUT2D eigenvalue weighted by Gasteiger charge is -2.18. The molecule has 0 bridgehead atoms. The topological polar surface area (TPSA) is 12.0 Å². The van der Waals surface area contributed by atoms with Crippen molar-refractivity contribution in [3.8, 4) is 0 Å². The molecule has 1 aromatic carbocycles. The van der Waals surface area contributed by atoms with E-state index in [1.807, 2.05) is 12.1 Å². The van der Waals surface area contributed by atoms with Gasteiger partial charge in [-0.15, -0.1) is 11.3 Å². The zero-order chi connectivity index (χ0) is 12.4. The normalized spacial score (nSPS) is 16.7. The Morgan fingerprint density at radius 2 is 2.00 bits per heavy atom. The van der Waals surface area contributed by atoms with Gasteiger partial charge in [0, 0.05) is 17.5 Å². The van der Waals surface area contributed by atoms with E-state index in [0.717, 1.165) is 12.5 Å². The summed E-state index contributed by atoms with van der Waals surface area (Å²) in [4.78, 5) is 1.35. The summed E-state index contributed by atoms with van der Waals surface area (Å²) in [5, 5.41) is 5.71. The van der Waals surface area contributed by atoms with Crippen LogP contribution in [0.15, 0.2) is 41.8 Å². The molecule has 0 amide bonds. The highest BCUT2D eigenvalue weighted by Crippen LogP contribution is 2.41. The summed E-state index contributed by atoms with van der Waals surface area (Å²) in [6, 6.07) is 11.5. The molecule has 1 atom stereocenters. The Morgan fingerprint density at radius 1 is 1.22 bits per heavy atom. The lowest BCUT2D eigenvalue weighted by Crippen LogP contribution is -2.22. The second kappa shape index (κ2) is 5.21. The minimum Gasteiger partial charge on any atom is -0.305 e. The summed E-state index contributed by atoms with van der Waals surface area (Å²) in [6.07, 6.45) is 2.55. The van der Waals surface area contributed by atoms with Crippen LogP contribution in [-0.2, 0) is 6.54 Å². The molecule has 1 aromatic heterocycles. The van der Waals surface area contributed by atoms with Crippen LogP contribution in [0.3, 0.4) is 0 Å². The standard InChI is InChI=1S/C15H16FNS/c16-13-7-5-12(6-8-13)15(11-3-4-11)17-10-14-2-1-9-18-14/h1-2,5-9,11,15,17H,3-4,10H2. The molecule has 3 heteroatoms. The van der Waals surface area contributed by atoms with E-state index in [0.29, 0.717) is 6.04 Å². The fourth-order valence-electron chi connectivity index (χ4n) is 2.28. The Labute approximate surface area is 111 Å². The van der Waals surface area contributed by atoms with Crippen LogP contribution in [-0.4, -0.2) is 0 Å². The second-order valence-electron chi connectivity index (χ2n) is 4.83. The first-order valence-corrected chi connectivity index (χ1v) is 7.22. The number of hydrogen-bond acceptors (Lipinski definition) is 2. The van der Waals surface area contributed by atoms with Gasteiger partial charge < -0.3 is 5.32 Å². The average molecular weight is 261 g/mol. The zero-order valence-corrected chi connectivity index (χ0v) is 10.9. The maximum absolute atomic E-state index is 13.0. The maximum atomic E-state index is 13.0. The van der Waals surface area contributed by atoms with Crippen molar-refractivity contribution in [1.82, 2.24) is 5.32 Å². The molecule has 94 valence electrons. The van der Waals surface area contributed by atoms with Gasteiger partial charge in [0.05, 0.1) is 0 Å². The van der Waals surface area contributed by atoms with Crippen LogP contribution in [0.2, 0.25) is 0 Å². The van der Waals surface area contributed by atoms with Crippen molar-refractivity contribution in [2.75, 3.05) is 0 Å². The maximum Gasteiger partial charge on any atom is 0.123 e. The number of nitrogens with one attached hydrogen (secondary N) is 1. The molecule has 1 N–H and O–H groups in total. The Bertz CT molecular complexity index is 488. The largest absolute Gasteiger partial charge is 0.305 e. The van der Waals surface area contributed by atoms with Gasteiger partial charge in [0.2, 0.25) is 0 Å².